The monoisotopic (exact) mass is 523 g/mol. The van der Waals surface area contributed by atoms with Crippen molar-refractivity contribution in [2.75, 3.05) is 12.1 Å². The summed E-state index contributed by atoms with van der Waals surface area (Å²) in [5.41, 5.74) is 7.70. The SMILES string of the molecule is C/C(=N\OP(=O)(CO[C@@H](C)Cn1cnc2c(N)ncnc21)N(C(C)C)[C@@H](C)C(=O)O)C1CCCCC1. The van der Waals surface area contributed by atoms with Crippen molar-refractivity contribution in [1.29, 1.82) is 0 Å². The summed E-state index contributed by atoms with van der Waals surface area (Å²) in [6.45, 7) is 9.09. The van der Waals surface area contributed by atoms with E-state index in [1.807, 2.05) is 13.8 Å². The zero-order valence-electron chi connectivity index (χ0n) is 21.7. The van der Waals surface area contributed by atoms with Gasteiger partial charge in [-0.15, -0.1) is 0 Å². The molecule has 1 fully saturated rings. The Hall–Kier alpha value is -2.56. The van der Waals surface area contributed by atoms with Crippen LogP contribution in [0.15, 0.2) is 17.8 Å². The van der Waals surface area contributed by atoms with Gasteiger partial charge in [0.15, 0.2) is 11.5 Å². The van der Waals surface area contributed by atoms with Gasteiger partial charge in [0.1, 0.15) is 24.2 Å². The number of ether oxygens (including phenoxy) is 1. The Bertz CT molecular complexity index is 1120. The number of oxime groups is 1. The third-order valence-corrected chi connectivity index (χ3v) is 8.87. The molecule has 0 radical (unpaired) electrons. The first-order chi connectivity index (χ1) is 17.0. The van der Waals surface area contributed by atoms with Crippen LogP contribution in [0.5, 0.6) is 0 Å². The highest BCUT2D eigenvalue weighted by Crippen LogP contribution is 2.54. The standard InChI is InChI=1S/C23H38N7O5P/c1-15(2)30(18(5)23(31)32)36(33,35-28-17(4)19-9-7-6-8-10-19)14-34-16(3)11-29-13-27-20-21(24)25-12-26-22(20)29/h12-13,15-16,18-19H,6-11,14H2,1-5H3,(H,31,32)(H2,24,25,26)/b28-17+/t16-,18-,36?/m0/s1. The molecule has 0 aliphatic heterocycles. The predicted molar refractivity (Wildman–Crippen MR) is 138 cm³/mol. The molecule has 1 aliphatic rings. The lowest BCUT2D eigenvalue weighted by Gasteiger charge is -2.35. The summed E-state index contributed by atoms with van der Waals surface area (Å²) in [5.74, 6) is -0.539. The largest absolute Gasteiger partial charge is 0.480 e. The lowest BCUT2D eigenvalue weighted by atomic mass is 9.86. The van der Waals surface area contributed by atoms with Crippen LogP contribution in [0.3, 0.4) is 0 Å². The smallest absolute Gasteiger partial charge is 0.367 e. The summed E-state index contributed by atoms with van der Waals surface area (Å²) >= 11 is 0. The van der Waals surface area contributed by atoms with Crippen molar-refractivity contribution in [3.8, 4) is 0 Å². The molecule has 0 saturated heterocycles. The molecule has 2 aromatic rings. The van der Waals surface area contributed by atoms with E-state index in [2.05, 4.69) is 20.1 Å². The molecule has 2 aromatic heterocycles. The molecular formula is C23H38N7O5P. The van der Waals surface area contributed by atoms with E-state index in [4.69, 9.17) is 15.1 Å². The van der Waals surface area contributed by atoms with E-state index >= 15 is 0 Å². The molecule has 1 saturated carbocycles. The second kappa shape index (κ2) is 12.1. The second-order valence-corrected chi connectivity index (χ2v) is 11.9. The number of aromatic nitrogens is 4. The van der Waals surface area contributed by atoms with Crippen molar-refractivity contribution in [3.05, 3.63) is 12.7 Å². The second-order valence-electron chi connectivity index (χ2n) is 9.71. The Labute approximate surface area is 211 Å². The molecule has 0 spiro atoms. The van der Waals surface area contributed by atoms with Gasteiger partial charge in [0.2, 0.25) is 0 Å². The molecular weight excluding hydrogens is 485 g/mol. The van der Waals surface area contributed by atoms with Crippen LogP contribution in [0.25, 0.3) is 11.2 Å². The predicted octanol–water partition coefficient (Wildman–Crippen LogP) is 4.12. The van der Waals surface area contributed by atoms with Crippen molar-refractivity contribution in [2.24, 2.45) is 11.1 Å². The quantitative estimate of drug-likeness (QED) is 0.235. The summed E-state index contributed by atoms with van der Waals surface area (Å²) in [5, 5.41) is 14.0. The van der Waals surface area contributed by atoms with Crippen molar-refractivity contribution >= 4 is 36.2 Å². The summed E-state index contributed by atoms with van der Waals surface area (Å²) in [6.07, 6.45) is 7.71. The number of fused-ring (bicyclic) bond motifs is 1. The first kappa shape index (κ1) is 28.0. The summed E-state index contributed by atoms with van der Waals surface area (Å²) in [6, 6.07) is -1.44. The highest BCUT2D eigenvalue weighted by molar-refractivity contribution is 7.56. The first-order valence-corrected chi connectivity index (χ1v) is 14.2. The summed E-state index contributed by atoms with van der Waals surface area (Å²) in [7, 11) is -3.83. The van der Waals surface area contributed by atoms with E-state index in [0.717, 1.165) is 31.4 Å². The fourth-order valence-corrected chi connectivity index (χ4v) is 6.91. The Morgan fingerprint density at radius 3 is 2.58 bits per heavy atom. The molecule has 12 nitrogen and oxygen atoms in total. The zero-order valence-corrected chi connectivity index (χ0v) is 22.6. The van der Waals surface area contributed by atoms with Crippen molar-refractivity contribution < 1.29 is 23.8 Å². The molecule has 13 heteroatoms. The molecule has 0 aromatic carbocycles. The van der Waals surface area contributed by atoms with Gasteiger partial charge in [-0.25, -0.2) is 19.6 Å². The Balaban J connectivity index is 1.79. The minimum Gasteiger partial charge on any atom is -0.480 e. The van der Waals surface area contributed by atoms with Gasteiger partial charge in [-0.3, -0.25) is 9.36 Å². The Morgan fingerprint density at radius 2 is 1.94 bits per heavy atom. The van der Waals surface area contributed by atoms with E-state index in [-0.39, 0.29) is 24.1 Å². The first-order valence-electron chi connectivity index (χ1n) is 12.4. The van der Waals surface area contributed by atoms with E-state index in [0.29, 0.717) is 17.7 Å². The van der Waals surface area contributed by atoms with Crippen LogP contribution in [0.2, 0.25) is 0 Å². The molecule has 36 heavy (non-hydrogen) atoms. The van der Waals surface area contributed by atoms with Gasteiger partial charge in [-0.1, -0.05) is 24.4 Å². The molecule has 1 aliphatic carbocycles. The van der Waals surface area contributed by atoms with Crippen LogP contribution in [-0.2, 0) is 25.3 Å². The number of hydrogen-bond donors (Lipinski definition) is 2. The maximum atomic E-state index is 14.2. The number of nitrogens with two attached hydrogens (primary N) is 1. The number of carboxylic acid groups (broad SMARTS) is 1. The zero-order chi connectivity index (χ0) is 26.5. The van der Waals surface area contributed by atoms with Crippen LogP contribution < -0.4 is 5.73 Å². The number of carbonyl (C=O) groups is 1. The lowest BCUT2D eigenvalue weighted by Crippen LogP contribution is -2.42. The minimum atomic E-state index is -3.83. The molecule has 3 atom stereocenters. The fourth-order valence-electron chi connectivity index (χ4n) is 4.62. The van der Waals surface area contributed by atoms with Crippen molar-refractivity contribution in [3.63, 3.8) is 0 Å². The van der Waals surface area contributed by atoms with Crippen LogP contribution in [-0.4, -0.2) is 65.5 Å². The number of anilines is 1. The number of carboxylic acids is 1. The van der Waals surface area contributed by atoms with E-state index in [1.54, 1.807) is 24.7 Å². The van der Waals surface area contributed by atoms with Gasteiger partial charge in [0, 0.05) is 12.0 Å². The van der Waals surface area contributed by atoms with Crippen molar-refractivity contribution in [2.45, 2.75) is 91.5 Å². The van der Waals surface area contributed by atoms with Gasteiger partial charge < -0.3 is 24.8 Å². The summed E-state index contributed by atoms with van der Waals surface area (Å²) < 4.78 is 29.1. The summed E-state index contributed by atoms with van der Waals surface area (Å²) in [4.78, 5) is 24.3. The maximum absolute atomic E-state index is 14.2. The molecule has 1 unspecified atom stereocenters. The maximum Gasteiger partial charge on any atom is 0.367 e. The highest BCUT2D eigenvalue weighted by atomic mass is 31.2. The van der Waals surface area contributed by atoms with E-state index < -0.39 is 25.6 Å². The van der Waals surface area contributed by atoms with Gasteiger partial charge in [0.05, 0.1) is 24.7 Å². The fraction of sp³-hybridized carbons (Fsp3) is 0.696. The van der Waals surface area contributed by atoms with E-state index in [1.165, 1.54) is 24.3 Å². The molecule has 3 N–H and O–H groups in total. The van der Waals surface area contributed by atoms with Gasteiger partial charge in [-0.2, -0.15) is 0 Å². The third-order valence-electron chi connectivity index (χ3n) is 6.55. The molecule has 0 amide bonds. The molecule has 200 valence electrons. The number of imidazole rings is 1. The van der Waals surface area contributed by atoms with Crippen LogP contribution in [0, 0.1) is 5.92 Å². The highest BCUT2D eigenvalue weighted by Gasteiger charge is 2.42. The number of nitrogen functional groups attached to an aromatic ring is 1. The third kappa shape index (κ3) is 6.60. The molecule has 0 bridgehead atoms. The topological polar surface area (TPSA) is 158 Å². The molecule has 3 rings (SSSR count). The normalized spacial score (nSPS) is 18.9. The Morgan fingerprint density at radius 1 is 1.25 bits per heavy atom. The van der Waals surface area contributed by atoms with Crippen LogP contribution >= 0.6 is 7.52 Å². The average Bonchev–Trinajstić information content (AvgIpc) is 3.25. The van der Waals surface area contributed by atoms with Crippen LogP contribution in [0.4, 0.5) is 5.82 Å². The lowest BCUT2D eigenvalue weighted by molar-refractivity contribution is -0.141. The number of rotatable bonds is 12. The average molecular weight is 524 g/mol. The van der Waals surface area contributed by atoms with Crippen molar-refractivity contribution in [1.82, 2.24) is 24.2 Å². The van der Waals surface area contributed by atoms with Crippen LogP contribution in [0.1, 0.15) is 66.7 Å². The van der Waals surface area contributed by atoms with E-state index in [9.17, 15) is 14.5 Å². The van der Waals surface area contributed by atoms with Gasteiger partial charge >= 0.3 is 13.5 Å². The minimum absolute atomic E-state index is 0.278. The van der Waals surface area contributed by atoms with Gasteiger partial charge in [-0.05, 0) is 47.5 Å². The number of aliphatic carboxylic acids is 1. The molecule has 2 heterocycles. The number of nitrogens with zero attached hydrogens (tertiary/aromatic N) is 6. The van der Waals surface area contributed by atoms with Gasteiger partial charge in [0.25, 0.3) is 0 Å². The number of hydrogen-bond acceptors (Lipinski definition) is 9. The Kier molecular flexibility index (Phi) is 9.43.